The third kappa shape index (κ3) is 2.74. The molecule has 0 aliphatic carbocycles. The third-order valence-corrected chi connectivity index (χ3v) is 3.71. The molecule has 1 fully saturated rings. The van der Waals surface area contributed by atoms with Crippen LogP contribution >= 0.6 is 15.9 Å². The van der Waals surface area contributed by atoms with Crippen LogP contribution in [0.4, 0.5) is 5.82 Å². The van der Waals surface area contributed by atoms with E-state index in [-0.39, 0.29) is 0 Å². The van der Waals surface area contributed by atoms with Crippen molar-refractivity contribution in [3.63, 3.8) is 0 Å². The van der Waals surface area contributed by atoms with Crippen molar-refractivity contribution >= 4 is 21.7 Å². The molecule has 1 aromatic rings. The number of nitrogens with zero attached hydrogens (tertiary/aromatic N) is 2. The van der Waals surface area contributed by atoms with Crippen LogP contribution in [-0.4, -0.2) is 31.3 Å². The zero-order valence-electron chi connectivity index (χ0n) is 9.53. The van der Waals surface area contributed by atoms with E-state index in [1.54, 1.807) is 7.11 Å². The summed E-state index contributed by atoms with van der Waals surface area (Å²) >= 11 is 3.43. The van der Waals surface area contributed by atoms with Gasteiger partial charge in [0.1, 0.15) is 5.82 Å². The monoisotopic (exact) mass is 284 g/mol. The quantitative estimate of drug-likeness (QED) is 0.798. The molecule has 1 aromatic heterocycles. The van der Waals surface area contributed by atoms with Crippen LogP contribution in [0.3, 0.4) is 0 Å². The van der Waals surface area contributed by atoms with E-state index in [1.165, 1.54) is 5.56 Å². The first-order chi connectivity index (χ1) is 7.83. The highest BCUT2D eigenvalue weighted by Gasteiger charge is 2.19. The number of pyridine rings is 1. The molecule has 0 aromatic carbocycles. The third-order valence-electron chi connectivity index (χ3n) is 3.06. The molecule has 0 N–H and O–H groups in total. The fraction of sp³-hybridized carbons (Fsp3) is 0.583. The summed E-state index contributed by atoms with van der Waals surface area (Å²) in [6.45, 7) is 2.08. The Bertz CT molecular complexity index is 320. The van der Waals surface area contributed by atoms with Gasteiger partial charge in [-0.25, -0.2) is 4.98 Å². The Labute approximate surface area is 105 Å². The highest BCUT2D eigenvalue weighted by molar-refractivity contribution is 9.08. The van der Waals surface area contributed by atoms with Crippen LogP contribution < -0.4 is 4.90 Å². The number of rotatable bonds is 3. The minimum atomic E-state index is 0.429. The van der Waals surface area contributed by atoms with Crippen molar-refractivity contribution in [3.8, 4) is 0 Å². The molecule has 0 spiro atoms. The maximum absolute atomic E-state index is 5.36. The van der Waals surface area contributed by atoms with Gasteiger partial charge in [0.2, 0.25) is 0 Å². The van der Waals surface area contributed by atoms with Crippen LogP contribution in [0.5, 0.6) is 0 Å². The number of aromatic nitrogens is 1. The molecule has 0 amide bonds. The zero-order valence-corrected chi connectivity index (χ0v) is 11.1. The molecule has 0 unspecified atom stereocenters. The molecular weight excluding hydrogens is 268 g/mol. The van der Waals surface area contributed by atoms with E-state index in [0.717, 1.165) is 37.1 Å². The largest absolute Gasteiger partial charge is 0.381 e. The van der Waals surface area contributed by atoms with Gasteiger partial charge in [-0.2, -0.15) is 0 Å². The summed E-state index contributed by atoms with van der Waals surface area (Å²) < 4.78 is 5.36. The van der Waals surface area contributed by atoms with Gasteiger partial charge in [-0.3, -0.25) is 0 Å². The molecule has 1 aliphatic heterocycles. The summed E-state index contributed by atoms with van der Waals surface area (Å²) in [5.41, 5.74) is 1.22. The number of halogens is 1. The molecule has 0 radical (unpaired) electrons. The number of hydrogen-bond acceptors (Lipinski definition) is 3. The molecule has 88 valence electrons. The Morgan fingerprint density at radius 1 is 1.44 bits per heavy atom. The molecule has 16 heavy (non-hydrogen) atoms. The number of alkyl halides is 1. The van der Waals surface area contributed by atoms with Gasteiger partial charge in [-0.15, -0.1) is 0 Å². The fourth-order valence-electron chi connectivity index (χ4n) is 2.00. The van der Waals surface area contributed by atoms with Crippen molar-refractivity contribution in [2.75, 3.05) is 25.1 Å². The van der Waals surface area contributed by atoms with Crippen LogP contribution in [0, 0.1) is 0 Å². The summed E-state index contributed by atoms with van der Waals surface area (Å²) in [7, 11) is 1.80. The molecule has 4 heteroatoms. The summed E-state index contributed by atoms with van der Waals surface area (Å²) in [6.07, 6.45) is 4.56. The fourth-order valence-corrected chi connectivity index (χ4v) is 2.34. The molecule has 2 rings (SSSR count). The van der Waals surface area contributed by atoms with Gasteiger partial charge in [-0.1, -0.05) is 22.0 Å². The second-order valence-corrected chi connectivity index (χ2v) is 4.64. The Balaban J connectivity index is 1.97. The maximum atomic E-state index is 5.36. The molecule has 0 atom stereocenters. The van der Waals surface area contributed by atoms with Gasteiger partial charge in [0.05, 0.1) is 6.10 Å². The van der Waals surface area contributed by atoms with E-state index in [4.69, 9.17) is 4.74 Å². The van der Waals surface area contributed by atoms with Crippen LogP contribution in [0.25, 0.3) is 0 Å². The first-order valence-electron chi connectivity index (χ1n) is 5.62. The van der Waals surface area contributed by atoms with Crippen LogP contribution in [-0.2, 0) is 10.1 Å². The Kier molecular flexibility index (Phi) is 4.18. The number of anilines is 1. The van der Waals surface area contributed by atoms with Crippen molar-refractivity contribution in [1.29, 1.82) is 0 Å². The van der Waals surface area contributed by atoms with Crippen LogP contribution in [0.1, 0.15) is 18.4 Å². The summed E-state index contributed by atoms with van der Waals surface area (Å²) in [6, 6.07) is 4.23. The van der Waals surface area contributed by atoms with Crippen molar-refractivity contribution in [2.24, 2.45) is 0 Å². The lowest BCUT2D eigenvalue weighted by Crippen LogP contribution is -2.37. The standard InChI is InChI=1S/C12H17BrN2O/c1-16-11-4-6-15(7-5-11)12-3-2-10(8-13)9-14-12/h2-3,9,11H,4-8H2,1H3. The van der Waals surface area contributed by atoms with Crippen molar-refractivity contribution < 1.29 is 4.74 Å². The van der Waals surface area contributed by atoms with Gasteiger partial charge in [0.15, 0.2) is 0 Å². The predicted octanol–water partition coefficient (Wildman–Crippen LogP) is 2.59. The average molecular weight is 285 g/mol. The van der Waals surface area contributed by atoms with Gasteiger partial charge >= 0.3 is 0 Å². The minimum absolute atomic E-state index is 0.429. The van der Waals surface area contributed by atoms with E-state index in [0.29, 0.717) is 6.10 Å². The Hall–Kier alpha value is -0.610. The lowest BCUT2D eigenvalue weighted by Gasteiger charge is -2.32. The van der Waals surface area contributed by atoms with Gasteiger partial charge in [0, 0.05) is 31.7 Å². The van der Waals surface area contributed by atoms with Gasteiger partial charge in [0.25, 0.3) is 0 Å². The number of hydrogen-bond donors (Lipinski definition) is 0. The first kappa shape index (κ1) is 11.9. The Morgan fingerprint density at radius 2 is 2.19 bits per heavy atom. The average Bonchev–Trinajstić information content (AvgIpc) is 2.39. The summed E-state index contributed by atoms with van der Waals surface area (Å²) in [5, 5.41) is 0.867. The molecule has 3 nitrogen and oxygen atoms in total. The second kappa shape index (κ2) is 5.64. The van der Waals surface area contributed by atoms with E-state index >= 15 is 0 Å². The van der Waals surface area contributed by atoms with Crippen molar-refractivity contribution in [1.82, 2.24) is 4.98 Å². The number of ether oxygens (including phenoxy) is 1. The first-order valence-corrected chi connectivity index (χ1v) is 6.74. The van der Waals surface area contributed by atoms with Crippen LogP contribution in [0.15, 0.2) is 18.3 Å². The van der Waals surface area contributed by atoms with E-state index in [9.17, 15) is 0 Å². The molecule has 0 saturated carbocycles. The maximum Gasteiger partial charge on any atom is 0.128 e. The lowest BCUT2D eigenvalue weighted by molar-refractivity contribution is 0.0818. The van der Waals surface area contributed by atoms with E-state index < -0.39 is 0 Å². The van der Waals surface area contributed by atoms with Crippen LogP contribution in [0.2, 0.25) is 0 Å². The highest BCUT2D eigenvalue weighted by atomic mass is 79.9. The smallest absolute Gasteiger partial charge is 0.128 e. The number of methoxy groups -OCH3 is 1. The van der Waals surface area contributed by atoms with Crippen molar-refractivity contribution in [3.05, 3.63) is 23.9 Å². The van der Waals surface area contributed by atoms with Gasteiger partial charge < -0.3 is 9.64 Å². The van der Waals surface area contributed by atoms with E-state index in [2.05, 4.69) is 37.9 Å². The molecule has 1 aliphatic rings. The molecule has 0 bridgehead atoms. The van der Waals surface area contributed by atoms with Crippen molar-refractivity contribution in [2.45, 2.75) is 24.3 Å². The summed E-state index contributed by atoms with van der Waals surface area (Å²) in [4.78, 5) is 6.81. The summed E-state index contributed by atoms with van der Waals surface area (Å²) in [5.74, 6) is 1.08. The normalized spacial score (nSPS) is 17.8. The topological polar surface area (TPSA) is 25.4 Å². The second-order valence-electron chi connectivity index (χ2n) is 4.08. The number of piperidine rings is 1. The SMILES string of the molecule is COC1CCN(c2ccc(CBr)cn2)CC1. The minimum Gasteiger partial charge on any atom is -0.381 e. The van der Waals surface area contributed by atoms with Gasteiger partial charge in [-0.05, 0) is 24.5 Å². The van der Waals surface area contributed by atoms with E-state index in [1.807, 2.05) is 6.20 Å². The Morgan fingerprint density at radius 3 is 2.69 bits per heavy atom. The highest BCUT2D eigenvalue weighted by Crippen LogP contribution is 2.19. The predicted molar refractivity (Wildman–Crippen MR) is 69.1 cm³/mol. The molecule has 1 saturated heterocycles. The lowest BCUT2D eigenvalue weighted by atomic mass is 10.1. The molecular formula is C12H17BrN2O. The zero-order chi connectivity index (χ0) is 11.4. The molecule has 2 heterocycles.